The lowest BCUT2D eigenvalue weighted by Gasteiger charge is -2.32. The van der Waals surface area contributed by atoms with Crippen LogP contribution in [0.1, 0.15) is 66.3 Å². The molecule has 3 N–H and O–H groups in total. The summed E-state index contributed by atoms with van der Waals surface area (Å²) in [4.78, 5) is 23.5. The van der Waals surface area contributed by atoms with Crippen LogP contribution in [0.2, 0.25) is 0 Å². The number of aromatic nitrogens is 2. The molecule has 1 amide bonds. The van der Waals surface area contributed by atoms with Crippen molar-refractivity contribution in [2.24, 2.45) is 5.92 Å². The zero-order chi connectivity index (χ0) is 28.8. The van der Waals surface area contributed by atoms with E-state index in [1.165, 1.54) is 7.11 Å². The fraction of sp³-hybridized carbons (Fsp3) is 0.533. The second-order valence-corrected chi connectivity index (χ2v) is 12.3. The molecule has 214 valence electrons. The molecule has 0 bridgehead atoms. The Morgan fingerprint density at radius 2 is 1.82 bits per heavy atom. The first kappa shape index (κ1) is 28.8. The number of hydrogen-bond acceptors (Lipinski definition) is 7. The van der Waals surface area contributed by atoms with E-state index in [4.69, 9.17) is 14.0 Å². The molecule has 2 fully saturated rings. The van der Waals surface area contributed by atoms with Gasteiger partial charge in [-0.25, -0.2) is 4.98 Å². The number of fused-ring (bicyclic) bond motifs is 1. The quantitative estimate of drug-likeness (QED) is 0.291. The maximum Gasteiger partial charge on any atom is 0.494 e. The van der Waals surface area contributed by atoms with Crippen LogP contribution < -0.4 is 10.8 Å². The molecule has 0 aliphatic carbocycles. The third-order valence-electron chi connectivity index (χ3n) is 8.63. The van der Waals surface area contributed by atoms with Gasteiger partial charge in [-0.3, -0.25) is 10.1 Å². The van der Waals surface area contributed by atoms with E-state index in [2.05, 4.69) is 79.4 Å². The molecule has 40 heavy (non-hydrogen) atoms. The Balaban J connectivity index is 1.34. The highest BCUT2D eigenvalue weighted by molar-refractivity contribution is 6.62. The minimum Gasteiger partial charge on any atom is -0.399 e. The molecule has 9 nitrogen and oxygen atoms in total. The number of aliphatic hydroxyl groups is 1. The lowest BCUT2D eigenvalue weighted by atomic mass is 9.78. The van der Waals surface area contributed by atoms with Crippen LogP contribution >= 0.6 is 0 Å². The summed E-state index contributed by atoms with van der Waals surface area (Å²) in [5, 5.41) is 15.0. The third-order valence-corrected chi connectivity index (χ3v) is 8.63. The first-order valence-corrected chi connectivity index (χ1v) is 14.1. The monoisotopic (exact) mass is 548 g/mol. The molecule has 1 aromatic heterocycles. The van der Waals surface area contributed by atoms with E-state index in [1.54, 1.807) is 0 Å². The Morgan fingerprint density at radius 1 is 1.15 bits per heavy atom. The molecule has 3 atom stereocenters. The van der Waals surface area contributed by atoms with Gasteiger partial charge in [-0.05, 0) is 68.8 Å². The van der Waals surface area contributed by atoms with Gasteiger partial charge < -0.3 is 29.0 Å². The number of likely N-dealkylation sites (tertiary alicyclic amines) is 1. The van der Waals surface area contributed by atoms with Crippen molar-refractivity contribution in [3.05, 3.63) is 48.4 Å². The van der Waals surface area contributed by atoms with Crippen molar-refractivity contribution in [1.29, 1.82) is 0 Å². The molecule has 10 heteroatoms. The van der Waals surface area contributed by atoms with Gasteiger partial charge in [0, 0.05) is 19.2 Å². The summed E-state index contributed by atoms with van der Waals surface area (Å²) >= 11 is 0. The fourth-order valence-electron chi connectivity index (χ4n) is 5.47. The first-order chi connectivity index (χ1) is 18.9. The lowest BCUT2D eigenvalue weighted by molar-refractivity contribution is -0.145. The van der Waals surface area contributed by atoms with Crippen LogP contribution in [-0.4, -0.2) is 70.3 Å². The van der Waals surface area contributed by atoms with Gasteiger partial charge in [-0.2, -0.15) is 0 Å². The van der Waals surface area contributed by atoms with Crippen molar-refractivity contribution in [2.75, 3.05) is 13.7 Å². The molecular weight excluding hydrogens is 507 g/mol. The van der Waals surface area contributed by atoms with Gasteiger partial charge in [0.2, 0.25) is 12.3 Å². The number of carbonyl (C=O) groups is 1. The SMILES string of the molecule is COC(O)N[C@H](C(=O)N1CCC[C@H]1c1ncc(-c2ccc3cc(B4OC(C)(C)C(C)(C)O4)ccc3c2)[nH]1)C(C)C. The zero-order valence-corrected chi connectivity index (χ0v) is 24.5. The summed E-state index contributed by atoms with van der Waals surface area (Å²) in [5.41, 5.74) is 2.16. The summed E-state index contributed by atoms with van der Waals surface area (Å²) < 4.78 is 17.4. The van der Waals surface area contributed by atoms with Crippen LogP contribution in [0.25, 0.3) is 22.0 Å². The van der Waals surface area contributed by atoms with E-state index >= 15 is 0 Å². The second-order valence-electron chi connectivity index (χ2n) is 12.3. The van der Waals surface area contributed by atoms with Crippen molar-refractivity contribution in [2.45, 2.75) is 84.1 Å². The van der Waals surface area contributed by atoms with E-state index < -0.39 is 19.6 Å². The summed E-state index contributed by atoms with van der Waals surface area (Å²) in [6.07, 6.45) is 2.36. The Kier molecular flexibility index (Phi) is 7.84. The van der Waals surface area contributed by atoms with E-state index in [1.807, 2.05) is 24.9 Å². The van der Waals surface area contributed by atoms with Gasteiger partial charge in [0.25, 0.3) is 0 Å². The van der Waals surface area contributed by atoms with E-state index in [9.17, 15) is 9.90 Å². The number of nitrogens with one attached hydrogen (secondary N) is 2. The molecule has 2 saturated heterocycles. The van der Waals surface area contributed by atoms with Gasteiger partial charge in [0.05, 0.1) is 35.2 Å². The maximum absolute atomic E-state index is 13.5. The molecule has 2 aliphatic heterocycles. The summed E-state index contributed by atoms with van der Waals surface area (Å²) in [6, 6.07) is 11.9. The molecule has 2 aromatic carbocycles. The standard InChI is InChI=1S/C30H41BN4O5/c1-18(2)25(34-28(37)38-7)27(36)35-14-8-9-24(35)26-32-17-23(33-26)21-11-10-20-16-22(13-12-19(20)15-21)31-39-29(3,4)30(5,6)40-31/h10-13,15-18,24-25,28,34,37H,8-9,14H2,1-7H3,(H,32,33)/t24-,25-,28?/m0/s1. The minimum absolute atomic E-state index is 0.0198. The highest BCUT2D eigenvalue weighted by Gasteiger charge is 2.51. The molecule has 3 aromatic rings. The Bertz CT molecular complexity index is 1360. The predicted octanol–water partition coefficient (Wildman–Crippen LogP) is 3.73. The number of nitrogens with zero attached hydrogens (tertiary/aromatic N) is 2. The molecule has 0 spiro atoms. The van der Waals surface area contributed by atoms with Crippen molar-refractivity contribution in [3.8, 4) is 11.3 Å². The second kappa shape index (κ2) is 10.9. The van der Waals surface area contributed by atoms with Crippen LogP contribution in [-0.2, 0) is 18.8 Å². The highest BCUT2D eigenvalue weighted by atomic mass is 16.7. The lowest BCUT2D eigenvalue weighted by Crippen LogP contribution is -2.52. The fourth-order valence-corrected chi connectivity index (χ4v) is 5.47. The topological polar surface area (TPSA) is 109 Å². The molecule has 2 aliphatic rings. The Labute approximate surface area is 236 Å². The number of benzene rings is 2. The van der Waals surface area contributed by atoms with Crippen molar-refractivity contribution < 1.29 is 23.9 Å². The van der Waals surface area contributed by atoms with Gasteiger partial charge in [-0.15, -0.1) is 0 Å². The Hall–Kier alpha value is -2.76. The number of H-pyrrole nitrogens is 1. The van der Waals surface area contributed by atoms with Crippen LogP contribution in [0.5, 0.6) is 0 Å². The maximum atomic E-state index is 13.5. The average Bonchev–Trinajstić information content (AvgIpc) is 3.63. The summed E-state index contributed by atoms with van der Waals surface area (Å²) in [6.45, 7) is 12.8. The number of aliphatic hydroxyl groups excluding tert-OH is 1. The van der Waals surface area contributed by atoms with Gasteiger partial charge in [0.1, 0.15) is 5.82 Å². The van der Waals surface area contributed by atoms with Gasteiger partial charge >= 0.3 is 7.12 Å². The van der Waals surface area contributed by atoms with Crippen LogP contribution in [0.15, 0.2) is 42.6 Å². The van der Waals surface area contributed by atoms with Crippen LogP contribution in [0.4, 0.5) is 0 Å². The molecule has 1 unspecified atom stereocenters. The summed E-state index contributed by atoms with van der Waals surface area (Å²) in [5.74, 6) is 0.690. The van der Waals surface area contributed by atoms with Crippen molar-refractivity contribution in [1.82, 2.24) is 20.2 Å². The van der Waals surface area contributed by atoms with Crippen LogP contribution in [0, 0.1) is 5.92 Å². The number of rotatable bonds is 8. The predicted molar refractivity (Wildman–Crippen MR) is 156 cm³/mol. The average molecular weight is 548 g/mol. The Morgan fingerprint density at radius 3 is 2.50 bits per heavy atom. The minimum atomic E-state index is -1.20. The molecule has 3 heterocycles. The number of methoxy groups -OCH3 is 1. The number of carbonyl (C=O) groups excluding carboxylic acids is 1. The highest BCUT2D eigenvalue weighted by Crippen LogP contribution is 2.37. The first-order valence-electron chi connectivity index (χ1n) is 14.1. The number of imidazole rings is 1. The van der Waals surface area contributed by atoms with E-state index in [-0.39, 0.29) is 29.1 Å². The molecule has 0 saturated carbocycles. The normalized spacial score (nSPS) is 21.9. The van der Waals surface area contributed by atoms with Crippen molar-refractivity contribution in [3.63, 3.8) is 0 Å². The van der Waals surface area contributed by atoms with Crippen molar-refractivity contribution >= 4 is 29.3 Å². The number of amides is 1. The van der Waals surface area contributed by atoms with Gasteiger partial charge in [-0.1, -0.05) is 44.2 Å². The van der Waals surface area contributed by atoms with E-state index in [0.29, 0.717) is 6.54 Å². The van der Waals surface area contributed by atoms with Crippen LogP contribution in [0.3, 0.4) is 0 Å². The number of aromatic amines is 1. The summed E-state index contributed by atoms with van der Waals surface area (Å²) in [7, 11) is 0.998. The third kappa shape index (κ3) is 5.43. The van der Waals surface area contributed by atoms with Gasteiger partial charge in [0.15, 0.2) is 0 Å². The van der Waals surface area contributed by atoms with E-state index in [0.717, 1.165) is 46.2 Å². The number of hydrogen-bond donors (Lipinski definition) is 3. The largest absolute Gasteiger partial charge is 0.494 e. The molecule has 5 rings (SSSR count). The molecule has 0 radical (unpaired) electrons. The number of ether oxygens (including phenoxy) is 1. The zero-order valence-electron chi connectivity index (χ0n) is 24.5. The molecular formula is C30H41BN4O5. The smallest absolute Gasteiger partial charge is 0.399 e.